The number of nitro groups is 1. The van der Waals surface area contributed by atoms with Crippen LogP contribution in [-0.2, 0) is 10.0 Å². The van der Waals surface area contributed by atoms with Crippen LogP contribution in [0.2, 0.25) is 0 Å². The molecule has 7 heteroatoms. The monoisotopic (exact) mass is 372 g/mol. The largest absolute Gasteiger partial charge is 0.264 e. The molecular weight excluding hydrogens is 352 g/mol. The van der Waals surface area contributed by atoms with E-state index in [9.17, 15) is 18.5 Å². The van der Waals surface area contributed by atoms with Crippen LogP contribution in [0.25, 0.3) is 0 Å². The summed E-state index contributed by atoms with van der Waals surface area (Å²) in [5.74, 6) is 0. The van der Waals surface area contributed by atoms with Crippen LogP contribution in [-0.4, -0.2) is 29.7 Å². The second-order valence-electron chi connectivity index (χ2n) is 6.39. The van der Waals surface area contributed by atoms with E-state index in [0.29, 0.717) is 5.56 Å². The van der Waals surface area contributed by atoms with E-state index in [2.05, 4.69) is 6.58 Å². The number of hydrogen-bond donors (Lipinski definition) is 0. The highest BCUT2D eigenvalue weighted by Gasteiger charge is 2.53. The lowest BCUT2D eigenvalue weighted by atomic mass is 10.0. The van der Waals surface area contributed by atoms with Crippen LogP contribution in [0.15, 0.2) is 72.1 Å². The van der Waals surface area contributed by atoms with Crippen LogP contribution in [0.3, 0.4) is 0 Å². The van der Waals surface area contributed by atoms with Gasteiger partial charge in [0.15, 0.2) is 0 Å². The summed E-state index contributed by atoms with van der Waals surface area (Å²) in [6.07, 6.45) is 1.58. The average molecular weight is 372 g/mol. The Hall–Kier alpha value is -2.51. The van der Waals surface area contributed by atoms with Gasteiger partial charge in [0.2, 0.25) is 16.1 Å². The Morgan fingerprint density at radius 3 is 2.31 bits per heavy atom. The molecule has 0 N–H and O–H groups in total. The molecule has 26 heavy (non-hydrogen) atoms. The molecule has 1 fully saturated rings. The van der Waals surface area contributed by atoms with Gasteiger partial charge >= 0.3 is 0 Å². The van der Waals surface area contributed by atoms with Gasteiger partial charge in [-0.1, -0.05) is 54.1 Å². The lowest BCUT2D eigenvalue weighted by molar-refractivity contribution is -0.525. The van der Waals surface area contributed by atoms with Crippen LogP contribution in [0.5, 0.6) is 0 Å². The first-order valence-electron chi connectivity index (χ1n) is 8.27. The number of nitrogens with zero attached hydrogens (tertiary/aromatic N) is 2. The zero-order valence-electron chi connectivity index (χ0n) is 14.4. The van der Waals surface area contributed by atoms with Crippen LogP contribution < -0.4 is 0 Å². The number of rotatable bonds is 5. The van der Waals surface area contributed by atoms with E-state index in [1.54, 1.807) is 42.5 Å². The van der Waals surface area contributed by atoms with E-state index < -0.39 is 33.1 Å². The lowest BCUT2D eigenvalue weighted by Crippen LogP contribution is -2.38. The molecule has 3 rings (SSSR count). The zero-order chi connectivity index (χ0) is 18.9. The van der Waals surface area contributed by atoms with Gasteiger partial charge in [0, 0.05) is 11.3 Å². The van der Waals surface area contributed by atoms with Gasteiger partial charge in [0.1, 0.15) is 6.04 Å². The van der Waals surface area contributed by atoms with Crippen molar-refractivity contribution >= 4 is 10.0 Å². The molecule has 2 aromatic carbocycles. The van der Waals surface area contributed by atoms with Gasteiger partial charge in [0.25, 0.3) is 0 Å². The minimum absolute atomic E-state index is 0.0984. The van der Waals surface area contributed by atoms with Crippen molar-refractivity contribution in [2.75, 3.05) is 0 Å². The molecule has 0 aromatic heterocycles. The molecule has 1 aliphatic rings. The molecular formula is C19H20N2O4S. The van der Waals surface area contributed by atoms with Crippen molar-refractivity contribution in [3.05, 3.63) is 88.5 Å². The van der Waals surface area contributed by atoms with Crippen molar-refractivity contribution in [2.45, 2.75) is 36.4 Å². The van der Waals surface area contributed by atoms with Crippen LogP contribution in [0.1, 0.15) is 23.6 Å². The van der Waals surface area contributed by atoms with E-state index >= 15 is 0 Å². The van der Waals surface area contributed by atoms with Crippen LogP contribution >= 0.6 is 0 Å². The maximum atomic E-state index is 13.3. The summed E-state index contributed by atoms with van der Waals surface area (Å²) in [5.41, 5.74) is 1.54. The molecule has 2 aromatic rings. The van der Waals surface area contributed by atoms with Crippen LogP contribution in [0.4, 0.5) is 0 Å². The molecule has 136 valence electrons. The fourth-order valence-electron chi connectivity index (χ4n) is 3.44. The Morgan fingerprint density at radius 2 is 1.77 bits per heavy atom. The van der Waals surface area contributed by atoms with Gasteiger partial charge in [-0.3, -0.25) is 10.1 Å². The number of aryl methyl sites for hydroxylation is 1. The fourth-order valence-corrected chi connectivity index (χ4v) is 5.25. The summed E-state index contributed by atoms with van der Waals surface area (Å²) in [6, 6.07) is 12.7. The first-order chi connectivity index (χ1) is 12.4. The van der Waals surface area contributed by atoms with Gasteiger partial charge in [0.05, 0.1) is 10.9 Å². The maximum Gasteiger partial charge on any atom is 0.244 e. The molecule has 0 spiro atoms. The molecule has 1 saturated heterocycles. The quantitative estimate of drug-likeness (QED) is 0.458. The number of hydrogen-bond acceptors (Lipinski definition) is 4. The van der Waals surface area contributed by atoms with Crippen molar-refractivity contribution in [2.24, 2.45) is 0 Å². The Balaban J connectivity index is 2.15. The topological polar surface area (TPSA) is 80.5 Å². The minimum Gasteiger partial charge on any atom is -0.264 e. The van der Waals surface area contributed by atoms with Gasteiger partial charge in [-0.2, -0.15) is 4.31 Å². The van der Waals surface area contributed by atoms with E-state index in [1.807, 2.05) is 6.92 Å². The van der Waals surface area contributed by atoms with Crippen molar-refractivity contribution in [3.63, 3.8) is 0 Å². The summed E-state index contributed by atoms with van der Waals surface area (Å²) >= 11 is 0. The fraction of sp³-hybridized carbons (Fsp3) is 0.263. The van der Waals surface area contributed by atoms with Gasteiger partial charge < -0.3 is 0 Å². The van der Waals surface area contributed by atoms with Crippen LogP contribution in [0, 0.1) is 17.0 Å². The Kier molecular flexibility index (Phi) is 4.93. The third kappa shape index (κ3) is 3.15. The molecule has 0 amide bonds. The van der Waals surface area contributed by atoms with Crippen molar-refractivity contribution in [3.8, 4) is 0 Å². The molecule has 6 nitrogen and oxygen atoms in total. The molecule has 3 atom stereocenters. The molecule has 1 aliphatic heterocycles. The molecule has 0 radical (unpaired) electrons. The van der Waals surface area contributed by atoms with Crippen molar-refractivity contribution in [1.29, 1.82) is 0 Å². The van der Waals surface area contributed by atoms with E-state index in [-0.39, 0.29) is 11.3 Å². The maximum absolute atomic E-state index is 13.3. The normalized spacial score (nSPS) is 23.7. The second-order valence-corrected chi connectivity index (χ2v) is 8.24. The van der Waals surface area contributed by atoms with E-state index in [0.717, 1.165) is 5.56 Å². The predicted molar refractivity (Wildman–Crippen MR) is 98.8 cm³/mol. The first-order valence-corrected chi connectivity index (χ1v) is 9.71. The van der Waals surface area contributed by atoms with Crippen molar-refractivity contribution < 1.29 is 13.3 Å². The molecule has 1 heterocycles. The summed E-state index contributed by atoms with van der Waals surface area (Å²) in [6.45, 7) is 5.58. The summed E-state index contributed by atoms with van der Waals surface area (Å²) in [7, 11) is -3.92. The molecule has 0 unspecified atom stereocenters. The summed E-state index contributed by atoms with van der Waals surface area (Å²) in [4.78, 5) is 11.4. The SMILES string of the molecule is C=C[C@H]1C[C@@H]([N+](=O)[O-])[C@H](c2ccccc2)N1S(=O)(=O)c1ccc(C)cc1. The Labute approximate surface area is 153 Å². The Morgan fingerprint density at radius 1 is 1.15 bits per heavy atom. The summed E-state index contributed by atoms with van der Waals surface area (Å²) in [5, 5.41) is 11.7. The smallest absolute Gasteiger partial charge is 0.244 e. The molecule has 0 bridgehead atoms. The van der Waals surface area contributed by atoms with E-state index in [1.165, 1.54) is 22.5 Å². The highest BCUT2D eigenvalue weighted by molar-refractivity contribution is 7.89. The van der Waals surface area contributed by atoms with Crippen molar-refractivity contribution in [1.82, 2.24) is 4.31 Å². The molecule has 0 aliphatic carbocycles. The summed E-state index contributed by atoms with van der Waals surface area (Å²) < 4.78 is 27.9. The highest BCUT2D eigenvalue weighted by Crippen LogP contribution is 2.42. The standard InChI is InChI=1S/C19H20N2O4S/c1-3-16-13-18(21(22)23)19(15-7-5-4-6-8-15)20(16)26(24,25)17-11-9-14(2)10-12-17/h3-12,16,18-19H,1,13H2,2H3/t16-,18+,19-/m0/s1. The van der Waals surface area contributed by atoms with Gasteiger partial charge in [-0.25, -0.2) is 8.42 Å². The number of sulfonamides is 1. The van der Waals surface area contributed by atoms with Gasteiger partial charge in [-0.05, 0) is 24.6 Å². The molecule has 0 saturated carbocycles. The minimum atomic E-state index is -3.92. The number of benzene rings is 2. The zero-order valence-corrected chi connectivity index (χ0v) is 15.2. The lowest BCUT2D eigenvalue weighted by Gasteiger charge is -2.27. The van der Waals surface area contributed by atoms with E-state index in [4.69, 9.17) is 0 Å². The first kappa shape index (κ1) is 18.3. The van der Waals surface area contributed by atoms with Gasteiger partial charge in [-0.15, -0.1) is 6.58 Å². The predicted octanol–water partition coefficient (Wildman–Crippen LogP) is 3.33. The third-order valence-electron chi connectivity index (χ3n) is 4.73. The highest BCUT2D eigenvalue weighted by atomic mass is 32.2. The Bertz CT molecular complexity index is 910. The third-order valence-corrected chi connectivity index (χ3v) is 6.65. The second kappa shape index (κ2) is 7.01. The average Bonchev–Trinajstić information content (AvgIpc) is 3.03.